The van der Waals surface area contributed by atoms with Gasteiger partial charge in [0.1, 0.15) is 5.69 Å². The number of H-pyrrole nitrogens is 1. The molecular formula is C13H23ClN4O. The van der Waals surface area contributed by atoms with Crippen LogP contribution in [0.5, 0.6) is 0 Å². The molecule has 1 saturated carbocycles. The van der Waals surface area contributed by atoms with Crippen molar-refractivity contribution in [2.24, 2.45) is 11.7 Å². The molecule has 1 unspecified atom stereocenters. The van der Waals surface area contributed by atoms with Crippen LogP contribution in [0.3, 0.4) is 0 Å². The number of halogens is 1. The Balaban J connectivity index is 0.00000180. The molecule has 1 aliphatic rings. The van der Waals surface area contributed by atoms with Crippen molar-refractivity contribution < 1.29 is 4.79 Å². The number of nitrogens with two attached hydrogens (primary N) is 1. The average molecular weight is 287 g/mol. The number of amides is 1. The average Bonchev–Trinajstić information content (AvgIpc) is 2.83. The van der Waals surface area contributed by atoms with Crippen molar-refractivity contribution in [3.8, 4) is 0 Å². The molecule has 1 aromatic heterocycles. The summed E-state index contributed by atoms with van der Waals surface area (Å²) in [4.78, 5) is 12.0. The van der Waals surface area contributed by atoms with Crippen LogP contribution in [0.1, 0.15) is 48.3 Å². The normalized spacial score (nSPS) is 17.6. The zero-order valence-corrected chi connectivity index (χ0v) is 12.1. The van der Waals surface area contributed by atoms with E-state index in [0.717, 1.165) is 5.69 Å². The summed E-state index contributed by atoms with van der Waals surface area (Å²) in [5.41, 5.74) is 7.13. The highest BCUT2D eigenvalue weighted by Crippen LogP contribution is 2.26. The maximum Gasteiger partial charge on any atom is 0.272 e. The Kier molecular flexibility index (Phi) is 6.31. The van der Waals surface area contributed by atoms with Gasteiger partial charge in [0.25, 0.3) is 5.91 Å². The SMILES string of the molecule is Cc1cc(C(=O)NC(CN)C2CCCCC2)n[nH]1.Cl. The minimum Gasteiger partial charge on any atom is -0.346 e. The number of carbonyl (C=O) groups is 1. The Hall–Kier alpha value is -1.07. The second-order valence-corrected chi connectivity index (χ2v) is 5.15. The first-order valence-electron chi connectivity index (χ1n) is 6.73. The first-order valence-corrected chi connectivity index (χ1v) is 6.73. The molecule has 4 N–H and O–H groups in total. The van der Waals surface area contributed by atoms with E-state index in [9.17, 15) is 4.79 Å². The van der Waals surface area contributed by atoms with Gasteiger partial charge < -0.3 is 11.1 Å². The van der Waals surface area contributed by atoms with Crippen molar-refractivity contribution in [3.05, 3.63) is 17.5 Å². The van der Waals surface area contributed by atoms with Gasteiger partial charge in [-0.3, -0.25) is 9.89 Å². The van der Waals surface area contributed by atoms with Crippen molar-refractivity contribution >= 4 is 18.3 Å². The molecular weight excluding hydrogens is 264 g/mol. The van der Waals surface area contributed by atoms with Crippen molar-refractivity contribution in [2.45, 2.75) is 45.1 Å². The van der Waals surface area contributed by atoms with E-state index in [-0.39, 0.29) is 24.4 Å². The Labute approximate surface area is 120 Å². The van der Waals surface area contributed by atoms with Gasteiger partial charge >= 0.3 is 0 Å². The zero-order chi connectivity index (χ0) is 13.0. The monoisotopic (exact) mass is 286 g/mol. The Morgan fingerprint density at radius 2 is 2.21 bits per heavy atom. The Bertz CT molecular complexity index is 401. The summed E-state index contributed by atoms with van der Waals surface area (Å²) in [6.45, 7) is 2.38. The van der Waals surface area contributed by atoms with E-state index >= 15 is 0 Å². The van der Waals surface area contributed by atoms with Crippen molar-refractivity contribution in [1.82, 2.24) is 15.5 Å². The van der Waals surface area contributed by atoms with Gasteiger partial charge in [-0.25, -0.2) is 0 Å². The minimum atomic E-state index is -0.125. The predicted molar refractivity (Wildman–Crippen MR) is 77.5 cm³/mol. The van der Waals surface area contributed by atoms with E-state index in [4.69, 9.17) is 5.73 Å². The summed E-state index contributed by atoms with van der Waals surface area (Å²) in [6.07, 6.45) is 6.14. The van der Waals surface area contributed by atoms with Gasteiger partial charge in [-0.2, -0.15) is 5.10 Å². The number of rotatable bonds is 4. The highest BCUT2D eigenvalue weighted by molar-refractivity contribution is 5.92. The van der Waals surface area contributed by atoms with Crippen molar-refractivity contribution in [3.63, 3.8) is 0 Å². The molecule has 2 rings (SSSR count). The molecule has 1 amide bonds. The molecule has 5 nitrogen and oxygen atoms in total. The van der Waals surface area contributed by atoms with E-state index in [0.29, 0.717) is 18.2 Å². The summed E-state index contributed by atoms with van der Waals surface area (Å²) < 4.78 is 0. The van der Waals surface area contributed by atoms with Crippen LogP contribution in [-0.2, 0) is 0 Å². The number of aryl methyl sites for hydroxylation is 1. The van der Waals surface area contributed by atoms with Crippen LogP contribution in [0, 0.1) is 12.8 Å². The van der Waals surface area contributed by atoms with Crippen molar-refractivity contribution in [1.29, 1.82) is 0 Å². The summed E-state index contributed by atoms with van der Waals surface area (Å²) in [5, 5.41) is 9.77. The lowest BCUT2D eigenvalue weighted by molar-refractivity contribution is 0.0910. The van der Waals surface area contributed by atoms with Gasteiger partial charge in [-0.1, -0.05) is 19.3 Å². The van der Waals surface area contributed by atoms with Crippen LogP contribution in [-0.4, -0.2) is 28.7 Å². The lowest BCUT2D eigenvalue weighted by Gasteiger charge is -2.29. The number of aromatic nitrogens is 2. The third-order valence-corrected chi connectivity index (χ3v) is 3.73. The quantitative estimate of drug-likeness (QED) is 0.789. The maximum atomic E-state index is 12.0. The standard InChI is InChI=1S/C13H22N4O.ClH/c1-9-7-11(17-16-9)13(18)15-12(8-14)10-5-3-2-4-6-10;/h7,10,12H,2-6,8,14H2,1H3,(H,15,18)(H,16,17);1H. The van der Waals surface area contributed by atoms with Gasteiger partial charge in [0.15, 0.2) is 0 Å². The molecule has 0 saturated heterocycles. The van der Waals surface area contributed by atoms with Crippen LogP contribution in [0.4, 0.5) is 0 Å². The highest BCUT2D eigenvalue weighted by atomic mass is 35.5. The van der Waals surface area contributed by atoms with E-state index < -0.39 is 0 Å². The fraction of sp³-hybridized carbons (Fsp3) is 0.692. The largest absolute Gasteiger partial charge is 0.346 e. The van der Waals surface area contributed by atoms with Gasteiger partial charge in [-0.15, -0.1) is 12.4 Å². The minimum absolute atomic E-state index is 0. The van der Waals surface area contributed by atoms with Crippen LogP contribution < -0.4 is 11.1 Å². The number of aromatic amines is 1. The number of hydrogen-bond donors (Lipinski definition) is 3. The van der Waals surface area contributed by atoms with Crippen LogP contribution in [0.2, 0.25) is 0 Å². The molecule has 0 aliphatic heterocycles. The highest BCUT2D eigenvalue weighted by Gasteiger charge is 2.24. The number of nitrogens with zero attached hydrogens (tertiary/aromatic N) is 1. The molecule has 0 radical (unpaired) electrons. The van der Waals surface area contributed by atoms with Crippen molar-refractivity contribution in [2.75, 3.05) is 6.54 Å². The third-order valence-electron chi connectivity index (χ3n) is 3.73. The predicted octanol–water partition coefficient (Wildman–Crippen LogP) is 1.78. The maximum absolute atomic E-state index is 12.0. The fourth-order valence-corrected chi connectivity index (χ4v) is 2.68. The molecule has 108 valence electrons. The number of nitrogens with one attached hydrogen (secondary N) is 2. The molecule has 1 aliphatic carbocycles. The summed E-state index contributed by atoms with van der Waals surface area (Å²) in [7, 11) is 0. The first-order chi connectivity index (χ1) is 8.70. The summed E-state index contributed by atoms with van der Waals surface area (Å²) in [6, 6.07) is 1.83. The molecule has 1 heterocycles. The molecule has 19 heavy (non-hydrogen) atoms. The lowest BCUT2D eigenvalue weighted by atomic mass is 9.84. The second kappa shape index (κ2) is 7.50. The third kappa shape index (κ3) is 4.21. The Morgan fingerprint density at radius 3 is 2.74 bits per heavy atom. The summed E-state index contributed by atoms with van der Waals surface area (Å²) in [5.74, 6) is 0.396. The number of hydrogen-bond acceptors (Lipinski definition) is 3. The van der Waals surface area contributed by atoms with Gasteiger partial charge in [0.2, 0.25) is 0 Å². The molecule has 0 bridgehead atoms. The van der Waals surface area contributed by atoms with E-state index in [2.05, 4.69) is 15.5 Å². The first kappa shape index (κ1) is 16.0. The van der Waals surface area contributed by atoms with E-state index in [1.807, 2.05) is 6.92 Å². The molecule has 6 heteroatoms. The summed E-state index contributed by atoms with van der Waals surface area (Å²) >= 11 is 0. The molecule has 0 aromatic carbocycles. The van der Waals surface area contributed by atoms with Gasteiger partial charge in [-0.05, 0) is 31.7 Å². The smallest absolute Gasteiger partial charge is 0.272 e. The van der Waals surface area contributed by atoms with Gasteiger partial charge in [0.05, 0.1) is 0 Å². The van der Waals surface area contributed by atoms with E-state index in [1.54, 1.807) is 6.07 Å². The second-order valence-electron chi connectivity index (χ2n) is 5.15. The van der Waals surface area contributed by atoms with Crippen LogP contribution in [0.25, 0.3) is 0 Å². The fourth-order valence-electron chi connectivity index (χ4n) is 2.68. The topological polar surface area (TPSA) is 83.8 Å². The van der Waals surface area contributed by atoms with Crippen LogP contribution >= 0.6 is 12.4 Å². The molecule has 1 fully saturated rings. The van der Waals surface area contributed by atoms with E-state index in [1.165, 1.54) is 32.1 Å². The van der Waals surface area contributed by atoms with Crippen LogP contribution in [0.15, 0.2) is 6.07 Å². The lowest BCUT2D eigenvalue weighted by Crippen LogP contribution is -2.46. The Morgan fingerprint density at radius 1 is 1.53 bits per heavy atom. The zero-order valence-electron chi connectivity index (χ0n) is 11.3. The molecule has 1 atom stereocenters. The molecule has 1 aromatic rings. The molecule has 0 spiro atoms. The van der Waals surface area contributed by atoms with Gasteiger partial charge in [0, 0.05) is 18.3 Å². The number of carbonyl (C=O) groups excluding carboxylic acids is 1.